The lowest BCUT2D eigenvalue weighted by Crippen LogP contribution is -2.44. The number of aryl methyl sites for hydroxylation is 2. The Balaban J connectivity index is 2.40. The van der Waals surface area contributed by atoms with Crippen LogP contribution in [0.15, 0.2) is 23.1 Å². The van der Waals surface area contributed by atoms with Crippen LogP contribution in [0.25, 0.3) is 0 Å². The molecule has 19 heavy (non-hydrogen) atoms. The van der Waals surface area contributed by atoms with E-state index in [-0.39, 0.29) is 6.04 Å². The maximum Gasteiger partial charge on any atom is 0.243 e. The fourth-order valence-corrected chi connectivity index (χ4v) is 4.96. The summed E-state index contributed by atoms with van der Waals surface area (Å²) in [6, 6.07) is 5.40. The average Bonchev–Trinajstić information content (AvgIpc) is 2.38. The van der Waals surface area contributed by atoms with Crippen molar-refractivity contribution in [3.05, 3.63) is 29.3 Å². The number of benzene rings is 1. The average molecular weight is 302 g/mol. The Morgan fingerprint density at radius 1 is 1.32 bits per heavy atom. The Bertz CT molecular complexity index is 557. The number of sulfonamides is 1. The van der Waals surface area contributed by atoms with Crippen molar-refractivity contribution >= 4 is 21.6 Å². The van der Waals surface area contributed by atoms with Crippen molar-refractivity contribution in [3.8, 4) is 0 Å². The summed E-state index contributed by atoms with van der Waals surface area (Å²) >= 11 is 5.93. The Morgan fingerprint density at radius 2 is 2.05 bits per heavy atom. The molecule has 0 bridgehead atoms. The summed E-state index contributed by atoms with van der Waals surface area (Å²) < 4.78 is 27.1. The number of rotatable bonds is 3. The normalized spacial score (nSPS) is 21.5. The number of halogens is 1. The number of alkyl halides is 1. The van der Waals surface area contributed by atoms with Crippen LogP contribution in [0, 0.1) is 13.8 Å². The van der Waals surface area contributed by atoms with Crippen LogP contribution in [0.1, 0.15) is 30.4 Å². The zero-order valence-electron chi connectivity index (χ0n) is 11.4. The summed E-state index contributed by atoms with van der Waals surface area (Å²) in [6.07, 6.45) is 2.82. The van der Waals surface area contributed by atoms with Gasteiger partial charge in [0.25, 0.3) is 0 Å². The van der Waals surface area contributed by atoms with Crippen LogP contribution < -0.4 is 0 Å². The van der Waals surface area contributed by atoms with Crippen LogP contribution >= 0.6 is 11.6 Å². The highest BCUT2D eigenvalue weighted by Crippen LogP contribution is 2.28. The van der Waals surface area contributed by atoms with Gasteiger partial charge in [0.15, 0.2) is 0 Å². The highest BCUT2D eigenvalue weighted by atomic mass is 35.5. The van der Waals surface area contributed by atoms with E-state index in [1.165, 1.54) is 0 Å². The van der Waals surface area contributed by atoms with Gasteiger partial charge in [-0.05, 0) is 38.3 Å². The number of hydrogen-bond acceptors (Lipinski definition) is 2. The van der Waals surface area contributed by atoms with Crippen LogP contribution in [0.5, 0.6) is 0 Å². The highest BCUT2D eigenvalue weighted by molar-refractivity contribution is 7.89. The first kappa shape index (κ1) is 14.8. The minimum Gasteiger partial charge on any atom is -0.207 e. The summed E-state index contributed by atoms with van der Waals surface area (Å²) in [6.45, 7) is 4.39. The van der Waals surface area contributed by atoms with E-state index in [1.807, 2.05) is 26.0 Å². The first-order valence-corrected chi connectivity index (χ1v) is 8.59. The Morgan fingerprint density at radius 3 is 2.68 bits per heavy atom. The topological polar surface area (TPSA) is 37.4 Å². The van der Waals surface area contributed by atoms with Gasteiger partial charge >= 0.3 is 0 Å². The maximum atomic E-state index is 12.8. The summed E-state index contributed by atoms with van der Waals surface area (Å²) in [5, 5.41) is 0. The molecule has 1 fully saturated rings. The lowest BCUT2D eigenvalue weighted by Gasteiger charge is -2.33. The Labute approximate surface area is 120 Å². The number of nitrogens with zero attached hydrogens (tertiary/aromatic N) is 1. The van der Waals surface area contributed by atoms with Gasteiger partial charge in [0.1, 0.15) is 0 Å². The molecular formula is C14H20ClNO2S. The van der Waals surface area contributed by atoms with Crippen molar-refractivity contribution < 1.29 is 8.42 Å². The zero-order valence-corrected chi connectivity index (χ0v) is 13.0. The first-order chi connectivity index (χ1) is 8.96. The van der Waals surface area contributed by atoms with Gasteiger partial charge < -0.3 is 0 Å². The van der Waals surface area contributed by atoms with E-state index in [2.05, 4.69) is 0 Å². The SMILES string of the molecule is Cc1ccc(S(=O)(=O)N2CCCCC2CCl)c(C)c1. The summed E-state index contributed by atoms with van der Waals surface area (Å²) in [5.41, 5.74) is 1.88. The summed E-state index contributed by atoms with van der Waals surface area (Å²) in [7, 11) is -3.42. The van der Waals surface area contributed by atoms with Gasteiger partial charge in [-0.2, -0.15) is 4.31 Å². The molecule has 5 heteroatoms. The molecule has 0 amide bonds. The molecule has 106 valence electrons. The predicted octanol–water partition coefficient (Wildman–Crippen LogP) is 3.09. The van der Waals surface area contributed by atoms with Crippen molar-refractivity contribution in [1.29, 1.82) is 0 Å². The molecule has 3 nitrogen and oxygen atoms in total. The van der Waals surface area contributed by atoms with Crippen molar-refractivity contribution in [1.82, 2.24) is 4.31 Å². The van der Waals surface area contributed by atoms with Crippen LogP contribution in [0.3, 0.4) is 0 Å². The third kappa shape index (κ3) is 2.96. The van der Waals surface area contributed by atoms with E-state index in [0.717, 1.165) is 30.4 Å². The molecule has 0 N–H and O–H groups in total. The van der Waals surface area contributed by atoms with E-state index < -0.39 is 10.0 Å². The molecule has 1 atom stereocenters. The minimum atomic E-state index is -3.42. The first-order valence-electron chi connectivity index (χ1n) is 6.62. The van der Waals surface area contributed by atoms with E-state index in [9.17, 15) is 8.42 Å². The van der Waals surface area contributed by atoms with Gasteiger partial charge in [0.2, 0.25) is 10.0 Å². The molecule has 0 radical (unpaired) electrons. The fourth-order valence-electron chi connectivity index (χ4n) is 2.66. The number of hydrogen-bond donors (Lipinski definition) is 0. The second-order valence-electron chi connectivity index (χ2n) is 5.19. The van der Waals surface area contributed by atoms with Crippen molar-refractivity contribution in [2.75, 3.05) is 12.4 Å². The van der Waals surface area contributed by atoms with Crippen LogP contribution in [0.4, 0.5) is 0 Å². The van der Waals surface area contributed by atoms with Gasteiger partial charge in [-0.15, -0.1) is 11.6 Å². The molecule has 1 aliphatic rings. The zero-order chi connectivity index (χ0) is 14.0. The van der Waals surface area contributed by atoms with Crippen LogP contribution in [0.2, 0.25) is 0 Å². The molecule has 2 rings (SSSR count). The molecule has 1 heterocycles. The highest BCUT2D eigenvalue weighted by Gasteiger charge is 2.33. The quantitative estimate of drug-likeness (QED) is 0.805. The molecule has 1 saturated heterocycles. The predicted molar refractivity (Wildman–Crippen MR) is 78.2 cm³/mol. The minimum absolute atomic E-state index is 0.0684. The second-order valence-corrected chi connectivity index (χ2v) is 7.36. The molecule has 0 saturated carbocycles. The Kier molecular flexibility index (Phi) is 4.54. The van der Waals surface area contributed by atoms with Gasteiger partial charge in [-0.25, -0.2) is 8.42 Å². The molecule has 1 aliphatic heterocycles. The van der Waals surface area contributed by atoms with E-state index in [1.54, 1.807) is 10.4 Å². The smallest absolute Gasteiger partial charge is 0.207 e. The lowest BCUT2D eigenvalue weighted by atomic mass is 10.1. The molecule has 1 aromatic carbocycles. The number of piperidine rings is 1. The van der Waals surface area contributed by atoms with Crippen molar-refractivity contribution in [2.24, 2.45) is 0 Å². The maximum absolute atomic E-state index is 12.8. The van der Waals surface area contributed by atoms with Crippen molar-refractivity contribution in [2.45, 2.75) is 44.0 Å². The largest absolute Gasteiger partial charge is 0.243 e. The summed E-state index contributed by atoms with van der Waals surface area (Å²) in [4.78, 5) is 0.412. The molecular weight excluding hydrogens is 282 g/mol. The molecule has 1 unspecified atom stereocenters. The fraction of sp³-hybridized carbons (Fsp3) is 0.571. The van der Waals surface area contributed by atoms with Gasteiger partial charge in [-0.1, -0.05) is 24.1 Å². The third-order valence-electron chi connectivity index (χ3n) is 3.67. The molecule has 1 aromatic rings. The summed E-state index contributed by atoms with van der Waals surface area (Å²) in [5.74, 6) is 0.365. The monoisotopic (exact) mass is 301 g/mol. The van der Waals surface area contributed by atoms with Gasteiger partial charge in [0, 0.05) is 18.5 Å². The molecule has 0 aromatic heterocycles. The van der Waals surface area contributed by atoms with E-state index in [0.29, 0.717) is 17.3 Å². The Hall–Kier alpha value is -0.580. The van der Waals surface area contributed by atoms with Crippen LogP contribution in [-0.4, -0.2) is 31.2 Å². The van der Waals surface area contributed by atoms with Gasteiger partial charge in [0.05, 0.1) is 4.90 Å². The lowest BCUT2D eigenvalue weighted by molar-refractivity contribution is 0.271. The molecule has 0 aliphatic carbocycles. The van der Waals surface area contributed by atoms with E-state index in [4.69, 9.17) is 11.6 Å². The van der Waals surface area contributed by atoms with E-state index >= 15 is 0 Å². The standard InChI is InChI=1S/C14H20ClNO2S/c1-11-6-7-14(12(2)9-11)19(17,18)16-8-4-3-5-13(16)10-15/h6-7,9,13H,3-5,8,10H2,1-2H3. The third-order valence-corrected chi connectivity index (χ3v) is 6.14. The van der Waals surface area contributed by atoms with Gasteiger partial charge in [-0.3, -0.25) is 0 Å². The van der Waals surface area contributed by atoms with Crippen LogP contribution in [-0.2, 0) is 10.0 Å². The molecule has 0 spiro atoms. The second kappa shape index (κ2) is 5.81. The van der Waals surface area contributed by atoms with Crippen molar-refractivity contribution in [3.63, 3.8) is 0 Å².